The quantitative estimate of drug-likeness (QED) is 0.766. The minimum absolute atomic E-state index is 0.109. The van der Waals surface area contributed by atoms with E-state index < -0.39 is 0 Å². The molecule has 1 saturated carbocycles. The molecule has 0 aromatic carbocycles. The van der Waals surface area contributed by atoms with Crippen molar-refractivity contribution in [2.75, 3.05) is 37.4 Å². The van der Waals surface area contributed by atoms with Crippen LogP contribution in [-0.4, -0.2) is 41.8 Å². The Morgan fingerprint density at radius 1 is 1.41 bits per heavy atom. The van der Waals surface area contributed by atoms with Crippen molar-refractivity contribution < 1.29 is 4.74 Å². The predicted molar refractivity (Wildman–Crippen MR) is 66.1 cm³/mol. The fraction of sp³-hybridized carbons (Fsp3) is 0.700. The maximum Gasteiger partial charge on any atom is 0.231 e. The molecule has 0 bridgehead atoms. The zero-order chi connectivity index (χ0) is 12.3. The van der Waals surface area contributed by atoms with Gasteiger partial charge in [0.1, 0.15) is 0 Å². The Morgan fingerprint density at radius 2 is 2.18 bits per heavy atom. The average Bonchev–Trinajstić information content (AvgIpc) is 3.06. The second-order valence-corrected chi connectivity index (χ2v) is 4.54. The molecule has 0 amide bonds. The Labute approximate surface area is 105 Å². The van der Waals surface area contributed by atoms with Crippen molar-refractivity contribution in [2.24, 2.45) is 5.92 Å². The lowest BCUT2D eigenvalue weighted by molar-refractivity contribution is 0.130. The summed E-state index contributed by atoms with van der Waals surface area (Å²) in [7, 11) is 1.87. The molecule has 1 aliphatic rings. The van der Waals surface area contributed by atoms with Crippen LogP contribution in [0.25, 0.3) is 0 Å². The Balaban J connectivity index is 1.78. The fourth-order valence-electron chi connectivity index (χ4n) is 1.36. The van der Waals surface area contributed by atoms with Gasteiger partial charge in [-0.2, -0.15) is 15.0 Å². The molecule has 0 aliphatic heterocycles. The zero-order valence-corrected chi connectivity index (χ0v) is 10.5. The average molecular weight is 258 g/mol. The highest BCUT2D eigenvalue weighted by Gasteiger charge is 2.21. The molecular weight excluding hydrogens is 242 g/mol. The second kappa shape index (κ2) is 5.46. The number of likely N-dealkylation sites (N-methyl/N-ethyl adjacent to an activating group) is 1. The Kier molecular flexibility index (Phi) is 3.96. The smallest absolute Gasteiger partial charge is 0.231 e. The summed E-state index contributed by atoms with van der Waals surface area (Å²) in [6, 6.07) is 0. The maximum absolute atomic E-state index is 5.71. The first-order valence-corrected chi connectivity index (χ1v) is 5.99. The predicted octanol–water partition coefficient (Wildman–Crippen LogP) is 0.970. The summed E-state index contributed by atoms with van der Waals surface area (Å²) in [4.78, 5) is 13.5. The van der Waals surface area contributed by atoms with Crippen molar-refractivity contribution in [2.45, 2.75) is 12.8 Å². The number of nitrogen functional groups attached to an aromatic ring is 1. The van der Waals surface area contributed by atoms with Gasteiger partial charge < -0.3 is 15.4 Å². The van der Waals surface area contributed by atoms with Crippen molar-refractivity contribution in [3.05, 3.63) is 5.28 Å². The molecule has 0 radical (unpaired) electrons. The van der Waals surface area contributed by atoms with Gasteiger partial charge in [0.25, 0.3) is 0 Å². The SMILES string of the molecule is CN(CCOCC1CC1)c1nc(N)nc(Cl)n1. The Morgan fingerprint density at radius 3 is 2.82 bits per heavy atom. The van der Waals surface area contributed by atoms with Gasteiger partial charge in [-0.1, -0.05) is 0 Å². The highest BCUT2D eigenvalue weighted by Crippen LogP contribution is 2.28. The molecule has 1 aliphatic carbocycles. The largest absolute Gasteiger partial charge is 0.379 e. The van der Waals surface area contributed by atoms with Crippen LogP contribution in [0.4, 0.5) is 11.9 Å². The third kappa shape index (κ3) is 3.98. The number of ether oxygens (including phenoxy) is 1. The first-order chi connectivity index (χ1) is 8.15. The van der Waals surface area contributed by atoms with E-state index >= 15 is 0 Å². The molecule has 6 nitrogen and oxygen atoms in total. The van der Waals surface area contributed by atoms with Gasteiger partial charge in [0.15, 0.2) is 0 Å². The van der Waals surface area contributed by atoms with E-state index in [0.717, 1.165) is 12.5 Å². The van der Waals surface area contributed by atoms with Crippen LogP contribution in [0.1, 0.15) is 12.8 Å². The molecule has 0 unspecified atom stereocenters. The number of hydrogen-bond donors (Lipinski definition) is 1. The number of halogens is 1. The van der Waals surface area contributed by atoms with Crippen molar-refractivity contribution in [1.82, 2.24) is 15.0 Å². The van der Waals surface area contributed by atoms with E-state index in [1.54, 1.807) is 0 Å². The Bertz CT molecular complexity index is 365. The molecule has 1 fully saturated rings. The summed E-state index contributed by atoms with van der Waals surface area (Å²) >= 11 is 5.71. The maximum atomic E-state index is 5.71. The van der Waals surface area contributed by atoms with Gasteiger partial charge in [-0.15, -0.1) is 0 Å². The van der Waals surface area contributed by atoms with Crippen LogP contribution in [0.2, 0.25) is 5.28 Å². The van der Waals surface area contributed by atoms with Crippen LogP contribution < -0.4 is 10.6 Å². The molecule has 17 heavy (non-hydrogen) atoms. The van der Waals surface area contributed by atoms with E-state index in [0.29, 0.717) is 19.1 Å². The second-order valence-electron chi connectivity index (χ2n) is 4.20. The van der Waals surface area contributed by atoms with Crippen LogP contribution in [-0.2, 0) is 4.74 Å². The molecule has 1 aromatic heterocycles. The molecular formula is C10H16ClN5O. The van der Waals surface area contributed by atoms with Crippen LogP contribution >= 0.6 is 11.6 Å². The molecule has 0 saturated heterocycles. The number of nitrogens with zero attached hydrogens (tertiary/aromatic N) is 4. The number of anilines is 2. The number of hydrogen-bond acceptors (Lipinski definition) is 6. The monoisotopic (exact) mass is 257 g/mol. The summed E-state index contributed by atoms with van der Waals surface area (Å²) in [6.07, 6.45) is 2.60. The highest BCUT2D eigenvalue weighted by molar-refractivity contribution is 6.28. The third-order valence-corrected chi connectivity index (χ3v) is 2.75. The lowest BCUT2D eigenvalue weighted by atomic mass is 10.5. The first-order valence-electron chi connectivity index (χ1n) is 5.61. The molecule has 0 atom stereocenters. The zero-order valence-electron chi connectivity index (χ0n) is 9.77. The highest BCUT2D eigenvalue weighted by atomic mass is 35.5. The summed E-state index contributed by atoms with van der Waals surface area (Å²) < 4.78 is 5.53. The van der Waals surface area contributed by atoms with Gasteiger partial charge in [0.05, 0.1) is 6.61 Å². The van der Waals surface area contributed by atoms with E-state index in [1.807, 2.05) is 11.9 Å². The van der Waals surface area contributed by atoms with Gasteiger partial charge in [-0.3, -0.25) is 0 Å². The molecule has 1 aromatic rings. The topological polar surface area (TPSA) is 77.2 Å². The molecule has 0 spiro atoms. The van der Waals surface area contributed by atoms with Gasteiger partial charge in [-0.25, -0.2) is 0 Å². The third-order valence-electron chi connectivity index (χ3n) is 2.58. The lowest BCUT2D eigenvalue weighted by Gasteiger charge is -2.16. The van der Waals surface area contributed by atoms with Crippen LogP contribution in [0.15, 0.2) is 0 Å². The van der Waals surface area contributed by atoms with Gasteiger partial charge in [0.2, 0.25) is 17.2 Å². The van der Waals surface area contributed by atoms with Crippen molar-refractivity contribution in [3.8, 4) is 0 Å². The summed E-state index contributed by atoms with van der Waals surface area (Å²) in [5, 5.41) is 0.109. The minimum atomic E-state index is 0.109. The normalized spacial score (nSPS) is 14.9. The summed E-state index contributed by atoms with van der Waals surface area (Å²) in [5.74, 6) is 1.38. The van der Waals surface area contributed by atoms with Crippen molar-refractivity contribution >= 4 is 23.5 Å². The van der Waals surface area contributed by atoms with Crippen molar-refractivity contribution in [1.29, 1.82) is 0 Å². The molecule has 2 rings (SSSR count). The van der Waals surface area contributed by atoms with E-state index in [9.17, 15) is 0 Å². The van der Waals surface area contributed by atoms with E-state index in [2.05, 4.69) is 15.0 Å². The molecule has 7 heteroatoms. The van der Waals surface area contributed by atoms with Gasteiger partial charge in [-0.05, 0) is 30.4 Å². The van der Waals surface area contributed by atoms with Crippen LogP contribution in [0.5, 0.6) is 0 Å². The summed E-state index contributed by atoms with van der Waals surface area (Å²) in [5.41, 5.74) is 5.50. The molecule has 94 valence electrons. The standard InChI is InChI=1S/C10H16ClN5O/c1-16(4-5-17-6-7-2-3-7)10-14-8(11)13-9(12)15-10/h7H,2-6H2,1H3,(H2,12,13,14,15). The summed E-state index contributed by atoms with van der Waals surface area (Å²) in [6.45, 7) is 2.21. The minimum Gasteiger partial charge on any atom is -0.379 e. The number of aromatic nitrogens is 3. The molecule has 1 heterocycles. The van der Waals surface area contributed by atoms with Crippen LogP contribution in [0.3, 0.4) is 0 Å². The number of rotatable bonds is 6. The molecule has 2 N–H and O–H groups in total. The van der Waals surface area contributed by atoms with Crippen LogP contribution in [0, 0.1) is 5.92 Å². The van der Waals surface area contributed by atoms with E-state index in [-0.39, 0.29) is 11.2 Å². The number of nitrogens with two attached hydrogens (primary N) is 1. The lowest BCUT2D eigenvalue weighted by Crippen LogP contribution is -2.25. The van der Waals surface area contributed by atoms with Crippen molar-refractivity contribution in [3.63, 3.8) is 0 Å². The van der Waals surface area contributed by atoms with Gasteiger partial charge in [0, 0.05) is 20.2 Å². The van der Waals surface area contributed by atoms with Gasteiger partial charge >= 0.3 is 0 Å². The first kappa shape index (κ1) is 12.3. The van der Waals surface area contributed by atoms with E-state index in [4.69, 9.17) is 22.1 Å². The van der Waals surface area contributed by atoms with E-state index in [1.165, 1.54) is 12.8 Å². The fourth-order valence-corrected chi connectivity index (χ4v) is 1.52. The Hall–Kier alpha value is -1.14.